The number of likely N-dealkylation sites (tertiary alicyclic amines) is 1. The Balaban J connectivity index is 2.43. The van der Waals surface area contributed by atoms with Crippen molar-refractivity contribution in [3.05, 3.63) is 0 Å². The Morgan fingerprint density at radius 1 is 1.32 bits per heavy atom. The van der Waals surface area contributed by atoms with Crippen LogP contribution >= 0.6 is 0 Å². The second kappa shape index (κ2) is 8.32. The number of nitrogens with zero attached hydrogens (tertiary/aromatic N) is 1. The zero-order valence-electron chi connectivity index (χ0n) is 12.7. The highest BCUT2D eigenvalue weighted by atomic mass is 16.5. The third-order valence-corrected chi connectivity index (χ3v) is 3.48. The van der Waals surface area contributed by atoms with Crippen molar-refractivity contribution in [3.8, 4) is 0 Å². The van der Waals surface area contributed by atoms with E-state index in [0.717, 1.165) is 6.42 Å². The molecular weight excluding hydrogens is 292 g/mol. The van der Waals surface area contributed by atoms with E-state index in [1.54, 1.807) is 6.92 Å². The first-order chi connectivity index (χ1) is 10.4. The van der Waals surface area contributed by atoms with Gasteiger partial charge in [-0.25, -0.2) is 5.48 Å². The van der Waals surface area contributed by atoms with Gasteiger partial charge in [0, 0.05) is 13.0 Å². The monoisotopic (exact) mass is 314 g/mol. The summed E-state index contributed by atoms with van der Waals surface area (Å²) in [5.41, 5.74) is 1.42. The number of hydroxylamine groups is 1. The molecule has 22 heavy (non-hydrogen) atoms. The normalized spacial score (nSPS) is 18.5. The van der Waals surface area contributed by atoms with E-state index >= 15 is 0 Å². The summed E-state index contributed by atoms with van der Waals surface area (Å²) < 4.78 is 0. The van der Waals surface area contributed by atoms with E-state index in [9.17, 15) is 19.2 Å². The Morgan fingerprint density at radius 3 is 2.59 bits per heavy atom. The predicted molar refractivity (Wildman–Crippen MR) is 75.6 cm³/mol. The van der Waals surface area contributed by atoms with Gasteiger partial charge in [0.25, 0.3) is 5.91 Å². The lowest BCUT2D eigenvalue weighted by Gasteiger charge is -2.23. The van der Waals surface area contributed by atoms with E-state index in [2.05, 4.69) is 10.6 Å². The van der Waals surface area contributed by atoms with Gasteiger partial charge in [-0.1, -0.05) is 6.92 Å². The topological polar surface area (TPSA) is 128 Å². The van der Waals surface area contributed by atoms with Crippen LogP contribution in [0.25, 0.3) is 0 Å². The second-order valence-electron chi connectivity index (χ2n) is 5.08. The number of carbonyl (C=O) groups excluding carboxylic acids is 4. The van der Waals surface area contributed by atoms with Crippen LogP contribution in [0.5, 0.6) is 0 Å². The zero-order chi connectivity index (χ0) is 16.7. The van der Waals surface area contributed by atoms with Gasteiger partial charge in [-0.3, -0.25) is 24.4 Å². The minimum Gasteiger partial charge on any atom is -0.345 e. The smallest absolute Gasteiger partial charge is 0.265 e. The van der Waals surface area contributed by atoms with Crippen LogP contribution in [0.3, 0.4) is 0 Å². The molecule has 0 aromatic heterocycles. The maximum absolute atomic E-state index is 12.1. The van der Waals surface area contributed by atoms with Gasteiger partial charge in [-0.05, 0) is 19.8 Å². The molecule has 1 heterocycles. The van der Waals surface area contributed by atoms with E-state index in [1.807, 2.05) is 0 Å². The Bertz CT molecular complexity index is 454. The third-order valence-electron chi connectivity index (χ3n) is 3.48. The summed E-state index contributed by atoms with van der Waals surface area (Å²) >= 11 is 0. The first kappa shape index (κ1) is 17.9. The van der Waals surface area contributed by atoms with Crippen molar-refractivity contribution in [1.82, 2.24) is 21.0 Å². The van der Waals surface area contributed by atoms with Crippen molar-refractivity contribution in [2.24, 2.45) is 0 Å². The Labute approximate surface area is 128 Å². The summed E-state index contributed by atoms with van der Waals surface area (Å²) in [4.78, 5) is 47.9. The van der Waals surface area contributed by atoms with Crippen LogP contribution in [-0.4, -0.2) is 58.9 Å². The Morgan fingerprint density at radius 2 is 2.00 bits per heavy atom. The predicted octanol–water partition coefficient (Wildman–Crippen LogP) is -1.49. The zero-order valence-corrected chi connectivity index (χ0v) is 12.7. The van der Waals surface area contributed by atoms with Crippen LogP contribution in [0, 0.1) is 0 Å². The van der Waals surface area contributed by atoms with Crippen molar-refractivity contribution < 1.29 is 24.4 Å². The van der Waals surface area contributed by atoms with Crippen LogP contribution < -0.4 is 16.1 Å². The number of amides is 4. The summed E-state index contributed by atoms with van der Waals surface area (Å²) in [6.07, 6.45) is 1.66. The minimum absolute atomic E-state index is 0.0876. The third kappa shape index (κ3) is 4.69. The number of rotatable bonds is 6. The lowest BCUT2D eigenvalue weighted by Crippen LogP contribution is -2.50. The molecular formula is C13H22N4O5. The first-order valence-electron chi connectivity index (χ1n) is 7.21. The maximum Gasteiger partial charge on any atom is 0.265 e. The van der Waals surface area contributed by atoms with Gasteiger partial charge < -0.3 is 15.5 Å². The quantitative estimate of drug-likeness (QED) is 0.351. The molecule has 0 aliphatic carbocycles. The number of hydrogen-bond donors (Lipinski definition) is 4. The summed E-state index contributed by atoms with van der Waals surface area (Å²) in [5.74, 6) is -1.78. The highest BCUT2D eigenvalue weighted by Gasteiger charge is 2.33. The van der Waals surface area contributed by atoms with Gasteiger partial charge in [0.15, 0.2) is 0 Å². The molecule has 9 nitrogen and oxygen atoms in total. The van der Waals surface area contributed by atoms with E-state index in [1.165, 1.54) is 17.3 Å². The van der Waals surface area contributed by atoms with Gasteiger partial charge in [-0.15, -0.1) is 0 Å². The molecule has 1 unspecified atom stereocenters. The average Bonchev–Trinajstić information content (AvgIpc) is 3.00. The summed E-state index contributed by atoms with van der Waals surface area (Å²) in [5, 5.41) is 13.2. The average molecular weight is 314 g/mol. The molecule has 124 valence electrons. The fourth-order valence-electron chi connectivity index (χ4n) is 2.28. The van der Waals surface area contributed by atoms with Gasteiger partial charge in [-0.2, -0.15) is 0 Å². The van der Waals surface area contributed by atoms with Gasteiger partial charge in [0.05, 0.1) is 6.54 Å². The standard InChI is InChI=1S/C13H22N4O5/c1-3-11(19)17-6-4-5-9(17)13(21)14-7-10(18)15-8(2)12(20)16-22/h8-9,22H,3-7H2,1-2H3,(H,14,21)(H,15,18)(H,16,20)/t8-,9?/m0/s1. The second-order valence-corrected chi connectivity index (χ2v) is 5.08. The number of nitrogens with one attached hydrogen (secondary N) is 3. The van der Waals surface area contributed by atoms with E-state index < -0.39 is 23.9 Å². The van der Waals surface area contributed by atoms with Crippen molar-refractivity contribution >= 4 is 23.6 Å². The van der Waals surface area contributed by atoms with Crippen molar-refractivity contribution in [3.63, 3.8) is 0 Å². The molecule has 0 radical (unpaired) electrons. The van der Waals surface area contributed by atoms with Crippen molar-refractivity contribution in [2.75, 3.05) is 13.1 Å². The van der Waals surface area contributed by atoms with Crippen LogP contribution in [0.1, 0.15) is 33.1 Å². The molecule has 1 aliphatic heterocycles. The SMILES string of the molecule is CCC(=O)N1CCCC1C(=O)NCC(=O)N[C@@H](C)C(=O)NO. The van der Waals surface area contributed by atoms with E-state index in [4.69, 9.17) is 5.21 Å². The summed E-state index contributed by atoms with van der Waals surface area (Å²) in [6.45, 7) is 3.37. The minimum atomic E-state index is -0.918. The Kier molecular flexibility index (Phi) is 6.77. The molecule has 0 aromatic rings. The van der Waals surface area contributed by atoms with Gasteiger partial charge in [0.1, 0.15) is 12.1 Å². The fraction of sp³-hybridized carbons (Fsp3) is 0.692. The van der Waals surface area contributed by atoms with E-state index in [-0.39, 0.29) is 18.4 Å². The number of carbonyl (C=O) groups is 4. The highest BCUT2D eigenvalue weighted by molar-refractivity contribution is 5.92. The van der Waals surface area contributed by atoms with Gasteiger partial charge >= 0.3 is 0 Å². The van der Waals surface area contributed by atoms with Crippen LogP contribution in [0.4, 0.5) is 0 Å². The van der Waals surface area contributed by atoms with Crippen LogP contribution in [-0.2, 0) is 19.2 Å². The Hall–Kier alpha value is -2.16. The molecule has 4 N–H and O–H groups in total. The molecule has 9 heteroatoms. The van der Waals surface area contributed by atoms with Gasteiger partial charge in [0.2, 0.25) is 17.7 Å². The first-order valence-corrected chi connectivity index (χ1v) is 7.21. The molecule has 0 bridgehead atoms. The molecule has 1 fully saturated rings. The lowest BCUT2D eigenvalue weighted by molar-refractivity contribution is -0.138. The molecule has 1 aliphatic rings. The lowest BCUT2D eigenvalue weighted by atomic mass is 10.2. The van der Waals surface area contributed by atoms with Crippen molar-refractivity contribution in [2.45, 2.75) is 45.2 Å². The molecule has 0 spiro atoms. The summed E-state index contributed by atoms with van der Waals surface area (Å²) in [6, 6.07) is -1.46. The molecule has 1 saturated heterocycles. The highest BCUT2D eigenvalue weighted by Crippen LogP contribution is 2.18. The fourth-order valence-corrected chi connectivity index (χ4v) is 2.28. The van der Waals surface area contributed by atoms with Crippen LogP contribution in [0.15, 0.2) is 0 Å². The molecule has 1 rings (SSSR count). The van der Waals surface area contributed by atoms with Crippen molar-refractivity contribution in [1.29, 1.82) is 0 Å². The summed E-state index contributed by atoms with van der Waals surface area (Å²) in [7, 11) is 0. The number of hydrogen-bond acceptors (Lipinski definition) is 5. The van der Waals surface area contributed by atoms with E-state index in [0.29, 0.717) is 19.4 Å². The maximum atomic E-state index is 12.1. The molecule has 0 saturated carbocycles. The van der Waals surface area contributed by atoms with Crippen LogP contribution in [0.2, 0.25) is 0 Å². The largest absolute Gasteiger partial charge is 0.345 e. The molecule has 4 amide bonds. The molecule has 0 aromatic carbocycles. The molecule has 2 atom stereocenters.